The van der Waals surface area contributed by atoms with Crippen LogP contribution in [0.1, 0.15) is 29.0 Å². The van der Waals surface area contributed by atoms with Gasteiger partial charge in [-0.3, -0.25) is 4.79 Å². The lowest BCUT2D eigenvalue weighted by Crippen LogP contribution is -2.27. The van der Waals surface area contributed by atoms with Crippen LogP contribution in [0.25, 0.3) is 5.69 Å². The number of halogens is 2. The molecule has 4 aromatic rings. The molecule has 0 fully saturated rings. The van der Waals surface area contributed by atoms with Crippen LogP contribution < -0.4 is 10.1 Å². The summed E-state index contributed by atoms with van der Waals surface area (Å²) in [4.78, 5) is 12.6. The first-order valence-corrected chi connectivity index (χ1v) is 10.4. The van der Waals surface area contributed by atoms with Gasteiger partial charge in [0.1, 0.15) is 16.5 Å². The number of amides is 1. The summed E-state index contributed by atoms with van der Waals surface area (Å²) in [6.07, 6.45) is 5.64. The van der Waals surface area contributed by atoms with Crippen molar-refractivity contribution in [2.45, 2.75) is 19.7 Å². The number of carbonyl (C=O) groups excluding carboxylic acids is 1. The maximum Gasteiger partial charge on any atom is 0.272 e. The number of benzene rings is 2. The molecule has 1 atom stereocenters. The Labute approximate surface area is 190 Å². The summed E-state index contributed by atoms with van der Waals surface area (Å²) in [5, 5.41) is 7.99. The van der Waals surface area contributed by atoms with Crippen LogP contribution in [0.15, 0.2) is 79.3 Å². The minimum atomic E-state index is -0.262. The normalized spacial score (nSPS) is 11.8. The molecule has 2 heterocycles. The summed E-state index contributed by atoms with van der Waals surface area (Å²) in [7, 11) is 0. The zero-order chi connectivity index (χ0) is 21.8. The molecular weight excluding hydrogens is 435 g/mol. The molecule has 0 saturated carbocycles. The lowest BCUT2D eigenvalue weighted by Gasteiger charge is -2.14. The highest BCUT2D eigenvalue weighted by molar-refractivity contribution is 6.42. The molecule has 2 aromatic carbocycles. The van der Waals surface area contributed by atoms with Crippen molar-refractivity contribution >= 4 is 29.1 Å². The number of hydrogen-bond acceptors (Lipinski definition) is 3. The first-order valence-electron chi connectivity index (χ1n) is 9.66. The number of hydrogen-bond donors (Lipinski definition) is 1. The third-order valence-electron chi connectivity index (χ3n) is 4.79. The summed E-state index contributed by atoms with van der Waals surface area (Å²) in [6.45, 7) is 2.04. The van der Waals surface area contributed by atoms with Crippen molar-refractivity contribution in [1.82, 2.24) is 19.7 Å². The first kappa shape index (κ1) is 21.0. The molecule has 0 aliphatic rings. The lowest BCUT2D eigenvalue weighted by atomic mass is 10.1. The predicted octanol–water partition coefficient (Wildman–Crippen LogP) is 5.51. The molecule has 6 nitrogen and oxygen atoms in total. The Kier molecular flexibility index (Phi) is 6.30. The topological polar surface area (TPSA) is 61.1 Å². The monoisotopic (exact) mass is 454 g/mol. The van der Waals surface area contributed by atoms with Crippen LogP contribution in [0.2, 0.25) is 10.0 Å². The quantitative estimate of drug-likeness (QED) is 0.400. The van der Waals surface area contributed by atoms with E-state index in [-0.39, 0.29) is 18.7 Å². The van der Waals surface area contributed by atoms with Gasteiger partial charge in [0.05, 0.1) is 11.1 Å². The van der Waals surface area contributed by atoms with E-state index in [4.69, 9.17) is 27.9 Å². The van der Waals surface area contributed by atoms with E-state index in [0.29, 0.717) is 21.5 Å². The molecular formula is C23H20Cl2N4O2. The molecule has 0 spiro atoms. The van der Waals surface area contributed by atoms with Gasteiger partial charge in [-0.05, 0) is 55.0 Å². The van der Waals surface area contributed by atoms with Crippen molar-refractivity contribution in [2.75, 3.05) is 0 Å². The van der Waals surface area contributed by atoms with E-state index in [1.807, 2.05) is 60.3 Å². The molecule has 158 valence electrons. The van der Waals surface area contributed by atoms with Gasteiger partial charge >= 0.3 is 0 Å². The average molecular weight is 455 g/mol. The molecule has 0 aliphatic heterocycles. The van der Waals surface area contributed by atoms with E-state index in [0.717, 1.165) is 11.3 Å². The molecule has 31 heavy (non-hydrogen) atoms. The molecule has 0 bridgehead atoms. The number of carbonyl (C=O) groups is 1. The van der Waals surface area contributed by atoms with Crippen LogP contribution in [0, 0.1) is 0 Å². The Morgan fingerprint density at radius 1 is 1.03 bits per heavy atom. The highest BCUT2D eigenvalue weighted by Gasteiger charge is 2.14. The van der Waals surface area contributed by atoms with Crippen LogP contribution in [0.5, 0.6) is 5.75 Å². The maximum atomic E-state index is 12.6. The first-order chi connectivity index (χ1) is 15.0. The van der Waals surface area contributed by atoms with E-state index in [2.05, 4.69) is 10.4 Å². The zero-order valence-corrected chi connectivity index (χ0v) is 18.2. The average Bonchev–Trinajstić information content (AvgIpc) is 3.47. The number of nitrogens with one attached hydrogen (secondary N) is 1. The van der Waals surface area contributed by atoms with Crippen molar-refractivity contribution in [1.29, 1.82) is 0 Å². The fourth-order valence-corrected chi connectivity index (χ4v) is 3.43. The van der Waals surface area contributed by atoms with Crippen molar-refractivity contribution < 1.29 is 9.53 Å². The van der Waals surface area contributed by atoms with E-state index in [9.17, 15) is 4.79 Å². The summed E-state index contributed by atoms with van der Waals surface area (Å²) in [5.41, 5.74) is 2.37. The Hall–Kier alpha value is -3.22. The molecule has 8 heteroatoms. The van der Waals surface area contributed by atoms with Crippen LogP contribution in [0.4, 0.5) is 0 Å². The van der Waals surface area contributed by atoms with Crippen LogP contribution in [-0.2, 0) is 6.73 Å². The standard InChI is InChI=1S/C23H20Cl2N4O2/c1-16(17-7-9-18(10-8-17)28-12-2-3-13-28)26-23(30)20-11-14-29(27-20)15-31-21-6-4-5-19(24)22(21)25/h2-14,16H,15H2,1H3,(H,26,30). The highest BCUT2D eigenvalue weighted by Crippen LogP contribution is 2.31. The van der Waals surface area contributed by atoms with Crippen molar-refractivity contribution in [3.05, 3.63) is 101 Å². The zero-order valence-electron chi connectivity index (χ0n) is 16.7. The van der Waals surface area contributed by atoms with Crippen molar-refractivity contribution in [3.8, 4) is 11.4 Å². The second-order valence-corrected chi connectivity index (χ2v) is 7.73. The Morgan fingerprint density at radius 3 is 2.52 bits per heavy atom. The molecule has 1 unspecified atom stereocenters. The van der Waals surface area contributed by atoms with Gasteiger partial charge in [0.2, 0.25) is 0 Å². The molecule has 4 rings (SSSR count). The van der Waals surface area contributed by atoms with Gasteiger partial charge in [-0.1, -0.05) is 41.4 Å². The summed E-state index contributed by atoms with van der Waals surface area (Å²) in [6, 6.07) is 18.6. The Bertz CT molecular complexity index is 1170. The fraction of sp³-hybridized carbons (Fsp3) is 0.130. The van der Waals surface area contributed by atoms with Crippen LogP contribution in [-0.4, -0.2) is 20.3 Å². The van der Waals surface area contributed by atoms with Crippen molar-refractivity contribution in [2.24, 2.45) is 0 Å². The maximum absolute atomic E-state index is 12.6. The van der Waals surface area contributed by atoms with Gasteiger partial charge in [-0.15, -0.1) is 0 Å². The van der Waals surface area contributed by atoms with Gasteiger partial charge in [0.15, 0.2) is 6.73 Å². The van der Waals surface area contributed by atoms with Crippen LogP contribution >= 0.6 is 23.2 Å². The summed E-state index contributed by atoms with van der Waals surface area (Å²) in [5.74, 6) is 0.189. The summed E-state index contributed by atoms with van der Waals surface area (Å²) < 4.78 is 9.18. The van der Waals surface area contributed by atoms with Crippen molar-refractivity contribution in [3.63, 3.8) is 0 Å². The molecule has 2 aromatic heterocycles. The highest BCUT2D eigenvalue weighted by atomic mass is 35.5. The van der Waals surface area contributed by atoms with Gasteiger partial charge in [0, 0.05) is 24.3 Å². The molecule has 1 N–H and O–H groups in total. The minimum Gasteiger partial charge on any atom is -0.470 e. The van der Waals surface area contributed by atoms with Gasteiger partial charge in [-0.2, -0.15) is 5.10 Å². The van der Waals surface area contributed by atoms with Crippen LogP contribution in [0.3, 0.4) is 0 Å². The van der Waals surface area contributed by atoms with Gasteiger partial charge in [0.25, 0.3) is 5.91 Å². The largest absolute Gasteiger partial charge is 0.470 e. The second-order valence-electron chi connectivity index (χ2n) is 6.94. The third-order valence-corrected chi connectivity index (χ3v) is 5.59. The fourth-order valence-electron chi connectivity index (χ4n) is 3.08. The van der Waals surface area contributed by atoms with E-state index in [1.165, 1.54) is 4.68 Å². The molecule has 0 saturated heterocycles. The lowest BCUT2D eigenvalue weighted by molar-refractivity contribution is 0.0932. The number of aromatic nitrogens is 3. The molecule has 1 amide bonds. The van der Waals surface area contributed by atoms with E-state index < -0.39 is 0 Å². The summed E-state index contributed by atoms with van der Waals surface area (Å²) >= 11 is 12.1. The number of nitrogens with zero attached hydrogens (tertiary/aromatic N) is 3. The predicted molar refractivity (Wildman–Crippen MR) is 121 cm³/mol. The number of ether oxygens (including phenoxy) is 1. The molecule has 0 radical (unpaired) electrons. The minimum absolute atomic E-state index is 0.101. The number of rotatable bonds is 7. The Balaban J connectivity index is 1.35. The van der Waals surface area contributed by atoms with Gasteiger partial charge < -0.3 is 14.6 Å². The van der Waals surface area contributed by atoms with Gasteiger partial charge in [-0.25, -0.2) is 4.68 Å². The smallest absolute Gasteiger partial charge is 0.272 e. The third kappa shape index (κ3) is 4.93. The van der Waals surface area contributed by atoms with E-state index in [1.54, 1.807) is 30.5 Å². The Morgan fingerprint density at radius 2 is 1.77 bits per heavy atom. The SMILES string of the molecule is CC(NC(=O)c1ccn(COc2cccc(Cl)c2Cl)n1)c1ccc(-n2cccc2)cc1. The molecule has 0 aliphatic carbocycles. The van der Waals surface area contributed by atoms with E-state index >= 15 is 0 Å². The second kappa shape index (κ2) is 9.29.